The van der Waals surface area contributed by atoms with E-state index in [0.717, 1.165) is 18.1 Å². The van der Waals surface area contributed by atoms with Gasteiger partial charge >= 0.3 is 0 Å². The highest BCUT2D eigenvalue weighted by atomic mass is 35.5. The minimum atomic E-state index is -2.35. The zero-order chi connectivity index (χ0) is 18.6. The van der Waals surface area contributed by atoms with E-state index in [9.17, 15) is 17.9 Å². The fraction of sp³-hybridized carbons (Fsp3) is 0.471. The number of allylic oxidation sites excluding steroid dienone is 1. The maximum Gasteiger partial charge on any atom is 0.293 e. The van der Waals surface area contributed by atoms with Gasteiger partial charge in [-0.15, -0.1) is 0 Å². The molecule has 1 aromatic rings. The van der Waals surface area contributed by atoms with E-state index in [1.165, 1.54) is 16.4 Å². The molecule has 0 fully saturated rings. The molecule has 1 aliphatic rings. The Kier molecular flexibility index (Phi) is 6.59. The van der Waals surface area contributed by atoms with Crippen LogP contribution in [0.15, 0.2) is 29.8 Å². The molecular weight excluding hydrogens is 369 g/mol. The summed E-state index contributed by atoms with van der Waals surface area (Å²) in [5, 5.41) is 0.0655. The molecule has 1 aliphatic carbocycles. The Morgan fingerprint density at radius 3 is 2.84 bits per heavy atom. The van der Waals surface area contributed by atoms with Crippen LogP contribution in [0, 0.1) is 11.2 Å². The first-order valence-electron chi connectivity index (χ1n) is 7.87. The summed E-state index contributed by atoms with van der Waals surface area (Å²) < 4.78 is 41.3. The fourth-order valence-corrected chi connectivity index (χ4v) is 4.21. The van der Waals surface area contributed by atoms with E-state index in [4.69, 9.17) is 16.3 Å². The van der Waals surface area contributed by atoms with Crippen molar-refractivity contribution in [3.63, 3.8) is 0 Å². The number of benzene rings is 1. The van der Waals surface area contributed by atoms with Crippen molar-refractivity contribution in [2.45, 2.75) is 39.2 Å². The van der Waals surface area contributed by atoms with Gasteiger partial charge in [-0.1, -0.05) is 31.5 Å². The maximum absolute atomic E-state index is 13.3. The molecule has 0 amide bonds. The molecule has 0 heterocycles. The highest BCUT2D eigenvalue weighted by Crippen LogP contribution is 2.40. The van der Waals surface area contributed by atoms with E-state index in [0.29, 0.717) is 19.3 Å². The molecule has 2 unspecified atom stereocenters. The summed E-state index contributed by atoms with van der Waals surface area (Å²) in [5.74, 6) is -0.516. The van der Waals surface area contributed by atoms with Crippen molar-refractivity contribution in [2.75, 3.05) is 10.9 Å². The summed E-state index contributed by atoms with van der Waals surface area (Å²) in [6.45, 7) is 4.72. The summed E-state index contributed by atoms with van der Waals surface area (Å²) in [5.41, 5.74) is 1.11. The van der Waals surface area contributed by atoms with Crippen LogP contribution in [0.3, 0.4) is 0 Å². The van der Waals surface area contributed by atoms with Crippen molar-refractivity contribution in [1.29, 1.82) is 0 Å². The zero-order valence-corrected chi connectivity index (χ0v) is 15.6. The molecule has 5 nitrogen and oxygen atoms in total. The van der Waals surface area contributed by atoms with Crippen LogP contribution in [0.1, 0.15) is 33.1 Å². The van der Waals surface area contributed by atoms with Gasteiger partial charge in [-0.05, 0) is 42.0 Å². The monoisotopic (exact) mass is 389 g/mol. The molecule has 0 saturated heterocycles. The Balaban J connectivity index is 2.41. The molecule has 0 bridgehead atoms. The second-order valence-corrected chi connectivity index (χ2v) is 7.89. The summed E-state index contributed by atoms with van der Waals surface area (Å²) >= 11 is 3.75. The van der Waals surface area contributed by atoms with Gasteiger partial charge in [-0.2, -0.15) is 0 Å². The van der Waals surface area contributed by atoms with Crippen molar-refractivity contribution in [2.24, 2.45) is 5.41 Å². The van der Waals surface area contributed by atoms with E-state index in [-0.39, 0.29) is 22.7 Å². The first-order chi connectivity index (χ1) is 11.7. The van der Waals surface area contributed by atoms with Crippen LogP contribution in [0.4, 0.5) is 10.1 Å². The third-order valence-electron chi connectivity index (χ3n) is 4.24. The standard InChI is InChI=1S/C17H21ClFNO4S/c1-17(2)7-5-15(12(10-17)6-8-24-11-21)20(25(22)23)16-4-3-13(19)9-14(16)18/h3-4,9-11,15H,5-8H2,1-2H3,(H,22,23). The number of hydrogen-bond acceptors (Lipinski definition) is 3. The van der Waals surface area contributed by atoms with E-state index in [1.807, 2.05) is 6.08 Å². The zero-order valence-electron chi connectivity index (χ0n) is 14.1. The molecule has 0 saturated carbocycles. The van der Waals surface area contributed by atoms with E-state index < -0.39 is 23.1 Å². The molecule has 0 aromatic heterocycles. The normalized spacial score (nSPS) is 20.5. The minimum absolute atomic E-state index is 0.0655. The van der Waals surface area contributed by atoms with Gasteiger partial charge in [0.25, 0.3) is 17.7 Å². The Morgan fingerprint density at radius 2 is 2.24 bits per heavy atom. The number of carbonyl (C=O) groups excluding carboxylic acids is 1. The van der Waals surface area contributed by atoms with Crippen LogP contribution in [0.5, 0.6) is 0 Å². The Bertz CT molecular complexity index is 695. The second kappa shape index (κ2) is 8.29. The number of hydrogen-bond donors (Lipinski definition) is 1. The lowest BCUT2D eigenvalue weighted by Crippen LogP contribution is -2.41. The van der Waals surface area contributed by atoms with Crippen LogP contribution in [0.25, 0.3) is 0 Å². The molecule has 0 aliphatic heterocycles. The van der Waals surface area contributed by atoms with Crippen LogP contribution < -0.4 is 4.31 Å². The predicted molar refractivity (Wildman–Crippen MR) is 96.2 cm³/mol. The molecule has 0 radical (unpaired) electrons. The third kappa shape index (κ3) is 5.03. The second-order valence-electron chi connectivity index (χ2n) is 6.63. The molecule has 1 aromatic carbocycles. The molecule has 2 rings (SSSR count). The average molecular weight is 390 g/mol. The number of carbonyl (C=O) groups is 1. The quantitative estimate of drug-likeness (QED) is 0.330. The lowest BCUT2D eigenvalue weighted by Gasteiger charge is -2.39. The van der Waals surface area contributed by atoms with Gasteiger partial charge in [0, 0.05) is 6.42 Å². The van der Waals surface area contributed by atoms with E-state index in [1.54, 1.807) is 0 Å². The highest BCUT2D eigenvalue weighted by molar-refractivity contribution is 7.80. The van der Waals surface area contributed by atoms with E-state index in [2.05, 4.69) is 13.8 Å². The summed E-state index contributed by atoms with van der Waals surface area (Å²) in [7, 11) is 0. The van der Waals surface area contributed by atoms with Gasteiger partial charge < -0.3 is 4.74 Å². The van der Waals surface area contributed by atoms with Crippen LogP contribution >= 0.6 is 11.6 Å². The van der Waals surface area contributed by atoms with Crippen LogP contribution in [-0.2, 0) is 20.8 Å². The fourth-order valence-electron chi connectivity index (χ4n) is 3.12. The summed E-state index contributed by atoms with van der Waals surface area (Å²) in [4.78, 5) is 10.4. The Labute approximate surface area is 154 Å². The van der Waals surface area contributed by atoms with Gasteiger partial charge in [0.15, 0.2) is 0 Å². The summed E-state index contributed by atoms with van der Waals surface area (Å²) in [6, 6.07) is 3.32. The molecule has 8 heteroatoms. The lowest BCUT2D eigenvalue weighted by molar-refractivity contribution is -0.128. The van der Waals surface area contributed by atoms with Crippen molar-refractivity contribution in [3.8, 4) is 0 Å². The number of rotatable bonds is 7. The highest BCUT2D eigenvalue weighted by Gasteiger charge is 2.34. The largest absolute Gasteiger partial charge is 0.468 e. The van der Waals surface area contributed by atoms with Gasteiger partial charge in [-0.3, -0.25) is 13.7 Å². The molecule has 0 spiro atoms. The Morgan fingerprint density at radius 1 is 1.52 bits per heavy atom. The van der Waals surface area contributed by atoms with Gasteiger partial charge in [0.1, 0.15) is 5.82 Å². The molecule has 1 N–H and O–H groups in total. The first kappa shape index (κ1) is 19.9. The summed E-state index contributed by atoms with van der Waals surface area (Å²) in [6.07, 6.45) is 3.92. The topological polar surface area (TPSA) is 66.8 Å². The van der Waals surface area contributed by atoms with Gasteiger partial charge in [0.2, 0.25) is 0 Å². The average Bonchev–Trinajstić information content (AvgIpc) is 2.51. The van der Waals surface area contributed by atoms with Crippen molar-refractivity contribution < 1.29 is 22.7 Å². The Hall–Kier alpha value is -1.44. The third-order valence-corrected chi connectivity index (χ3v) is 5.33. The van der Waals surface area contributed by atoms with E-state index >= 15 is 0 Å². The number of nitrogens with zero attached hydrogens (tertiary/aromatic N) is 1. The number of halogens is 2. The minimum Gasteiger partial charge on any atom is -0.468 e. The smallest absolute Gasteiger partial charge is 0.293 e. The van der Waals surface area contributed by atoms with Crippen molar-refractivity contribution >= 4 is 35.0 Å². The van der Waals surface area contributed by atoms with Crippen LogP contribution in [-0.4, -0.2) is 27.9 Å². The predicted octanol–water partition coefficient (Wildman–Crippen LogP) is 4.10. The molecule has 2 atom stereocenters. The number of ether oxygens (including phenoxy) is 1. The van der Waals surface area contributed by atoms with Gasteiger partial charge in [-0.25, -0.2) is 8.60 Å². The van der Waals surface area contributed by atoms with Crippen LogP contribution in [0.2, 0.25) is 5.02 Å². The SMILES string of the molecule is CC1(C)C=C(CCOC=O)C(N(c2ccc(F)cc2Cl)S(=O)O)CC1. The van der Waals surface area contributed by atoms with Crippen molar-refractivity contribution in [3.05, 3.63) is 40.7 Å². The lowest BCUT2D eigenvalue weighted by atomic mass is 9.76. The maximum atomic E-state index is 13.3. The number of anilines is 1. The molecule has 25 heavy (non-hydrogen) atoms. The van der Waals surface area contributed by atoms with Gasteiger partial charge in [0.05, 0.1) is 23.4 Å². The van der Waals surface area contributed by atoms with Crippen molar-refractivity contribution in [1.82, 2.24) is 0 Å². The molecular formula is C17H21ClFNO4S. The first-order valence-corrected chi connectivity index (χ1v) is 9.31. The molecule has 138 valence electrons.